The lowest BCUT2D eigenvalue weighted by Crippen LogP contribution is -2.35. The molecule has 1 aromatic heterocycles. The molecule has 0 atom stereocenters. The highest BCUT2D eigenvalue weighted by Crippen LogP contribution is 2.45. The Kier molecular flexibility index (Phi) is 4.85. The van der Waals surface area contributed by atoms with Gasteiger partial charge in [-0.15, -0.1) is 11.3 Å². The lowest BCUT2D eigenvalue weighted by Gasteiger charge is -2.35. The minimum Gasteiger partial charge on any atom is -0.384 e. The molecule has 2 aromatic rings. The van der Waals surface area contributed by atoms with Gasteiger partial charge in [0.15, 0.2) is 0 Å². The first kappa shape index (κ1) is 20.2. The molecule has 0 radical (unpaired) electrons. The monoisotopic (exact) mass is 467 g/mol. The molecule has 7 nitrogen and oxygen atoms in total. The number of fused-ring (bicyclic) bond motifs is 2. The maximum Gasteiger partial charge on any atom is 0.333 e. The van der Waals surface area contributed by atoms with Gasteiger partial charge in [0.1, 0.15) is 5.60 Å². The lowest BCUT2D eigenvalue weighted by atomic mass is 9.79. The Morgan fingerprint density at radius 1 is 1.07 bits per heavy atom. The number of sulfonamides is 1. The fourth-order valence-corrected chi connectivity index (χ4v) is 7.32. The smallest absolute Gasteiger partial charge is 0.333 e. The fourth-order valence-electron chi connectivity index (χ4n) is 4.70. The van der Waals surface area contributed by atoms with E-state index in [2.05, 4.69) is 15.0 Å². The van der Waals surface area contributed by atoms with Crippen molar-refractivity contribution in [1.82, 2.24) is 9.71 Å². The highest BCUT2D eigenvalue weighted by Gasteiger charge is 2.39. The first-order valence-electron chi connectivity index (χ1n) is 10.2. The molecule has 3 aliphatic carbocycles. The summed E-state index contributed by atoms with van der Waals surface area (Å²) in [6.07, 6.45) is 8.79. The molecular formula is C20H22ClN3O4S2. The fraction of sp³-hybridized carbons (Fsp3) is 0.500. The van der Waals surface area contributed by atoms with Crippen LogP contribution >= 0.6 is 22.9 Å². The number of carbonyl (C=O) groups excluding carboxylic acids is 1. The highest BCUT2D eigenvalue weighted by atomic mass is 35.5. The zero-order valence-electron chi connectivity index (χ0n) is 16.3. The molecule has 1 fully saturated rings. The maximum atomic E-state index is 12.7. The molecule has 30 heavy (non-hydrogen) atoms. The summed E-state index contributed by atoms with van der Waals surface area (Å²) in [6, 6.07) is -0.806. The van der Waals surface area contributed by atoms with Gasteiger partial charge in [0.05, 0.1) is 4.88 Å². The molecule has 1 saturated carbocycles. The van der Waals surface area contributed by atoms with Crippen LogP contribution in [0.25, 0.3) is 0 Å². The van der Waals surface area contributed by atoms with Gasteiger partial charge in [-0.3, -0.25) is 0 Å². The molecule has 0 aliphatic heterocycles. The third kappa shape index (κ3) is 3.23. The molecule has 5 rings (SSSR count). The highest BCUT2D eigenvalue weighted by molar-refractivity contribution is 7.92. The minimum atomic E-state index is -4.13. The van der Waals surface area contributed by atoms with Gasteiger partial charge < -0.3 is 10.4 Å². The normalized spacial score (nSPS) is 19.1. The number of anilines is 1. The zero-order chi connectivity index (χ0) is 21.1. The topological polar surface area (TPSA) is 108 Å². The number of amides is 2. The van der Waals surface area contributed by atoms with Crippen LogP contribution < -0.4 is 10.0 Å². The number of halogens is 1. The van der Waals surface area contributed by atoms with Crippen LogP contribution in [0.5, 0.6) is 0 Å². The SMILES string of the molecule is O=C(Nc1c2c(c(Cl)c3c1CCC3)CCC2)NS(=O)(=O)c1ncc(C2(O)CCC2)s1. The molecule has 3 aliphatic rings. The molecule has 10 heteroatoms. The van der Waals surface area contributed by atoms with Gasteiger partial charge in [-0.05, 0) is 80.0 Å². The van der Waals surface area contributed by atoms with Gasteiger partial charge >= 0.3 is 6.03 Å². The van der Waals surface area contributed by atoms with Crippen molar-refractivity contribution in [3.8, 4) is 0 Å². The minimum absolute atomic E-state index is 0.223. The predicted octanol–water partition coefficient (Wildman–Crippen LogP) is 3.66. The number of hydrogen-bond donors (Lipinski definition) is 3. The average Bonchev–Trinajstić information content (AvgIpc) is 3.42. The summed E-state index contributed by atoms with van der Waals surface area (Å²) in [4.78, 5) is 17.1. The molecule has 1 aromatic carbocycles. The van der Waals surface area contributed by atoms with E-state index in [1.165, 1.54) is 6.20 Å². The summed E-state index contributed by atoms with van der Waals surface area (Å²) in [6.45, 7) is 0. The van der Waals surface area contributed by atoms with E-state index in [0.29, 0.717) is 17.7 Å². The van der Waals surface area contributed by atoms with E-state index in [4.69, 9.17) is 11.6 Å². The maximum absolute atomic E-state index is 12.7. The lowest BCUT2D eigenvalue weighted by molar-refractivity contribution is -0.0356. The molecular weight excluding hydrogens is 446 g/mol. The van der Waals surface area contributed by atoms with Gasteiger partial charge in [0.2, 0.25) is 4.34 Å². The molecule has 0 spiro atoms. The summed E-state index contributed by atoms with van der Waals surface area (Å²) >= 11 is 7.50. The van der Waals surface area contributed by atoms with Crippen molar-refractivity contribution < 1.29 is 18.3 Å². The van der Waals surface area contributed by atoms with Crippen molar-refractivity contribution in [2.45, 2.75) is 67.7 Å². The number of aliphatic hydroxyl groups is 1. The first-order valence-corrected chi connectivity index (χ1v) is 12.8. The van der Waals surface area contributed by atoms with Crippen molar-refractivity contribution in [2.24, 2.45) is 0 Å². The quantitative estimate of drug-likeness (QED) is 0.635. The summed E-state index contributed by atoms with van der Waals surface area (Å²) in [5.41, 5.74) is 3.94. The molecule has 0 bridgehead atoms. The predicted molar refractivity (Wildman–Crippen MR) is 115 cm³/mol. The molecule has 2 amide bonds. The first-order chi connectivity index (χ1) is 14.3. The van der Waals surface area contributed by atoms with Crippen molar-refractivity contribution in [3.63, 3.8) is 0 Å². The Balaban J connectivity index is 1.38. The van der Waals surface area contributed by atoms with Crippen LogP contribution in [0.3, 0.4) is 0 Å². The van der Waals surface area contributed by atoms with Gasteiger partial charge in [-0.25, -0.2) is 14.5 Å². The van der Waals surface area contributed by atoms with Gasteiger partial charge in [0.25, 0.3) is 10.0 Å². The number of aromatic nitrogens is 1. The number of rotatable bonds is 4. The summed E-state index contributed by atoms with van der Waals surface area (Å²) in [5.74, 6) is 0. The number of carbonyl (C=O) groups is 1. The Morgan fingerprint density at radius 3 is 2.23 bits per heavy atom. The molecule has 0 unspecified atom stereocenters. The zero-order valence-corrected chi connectivity index (χ0v) is 18.6. The van der Waals surface area contributed by atoms with Gasteiger partial charge in [-0.1, -0.05) is 11.6 Å². The van der Waals surface area contributed by atoms with Gasteiger partial charge in [-0.2, -0.15) is 8.42 Å². The Labute approximate surface area is 183 Å². The Hall–Kier alpha value is -1.68. The van der Waals surface area contributed by atoms with E-state index < -0.39 is 21.7 Å². The number of hydrogen-bond acceptors (Lipinski definition) is 6. The van der Waals surface area contributed by atoms with Crippen LogP contribution in [0.2, 0.25) is 5.02 Å². The second-order valence-electron chi connectivity index (χ2n) is 8.25. The molecule has 0 saturated heterocycles. The summed E-state index contributed by atoms with van der Waals surface area (Å²) in [7, 11) is -4.13. The second kappa shape index (κ2) is 7.19. The van der Waals surface area contributed by atoms with Crippen LogP contribution in [-0.4, -0.2) is 24.5 Å². The van der Waals surface area contributed by atoms with Crippen LogP contribution in [0.4, 0.5) is 10.5 Å². The Bertz CT molecular complexity index is 1120. The number of benzene rings is 1. The number of nitrogens with zero attached hydrogens (tertiary/aromatic N) is 1. The van der Waals surface area contributed by atoms with E-state index >= 15 is 0 Å². The summed E-state index contributed by atoms with van der Waals surface area (Å²) in [5, 5.41) is 14.0. The standard InChI is InChI=1S/C20H22ClN3O4S2/c21-16-11-4-1-6-13(11)17(14-7-2-5-12(14)16)23-18(25)24-30(27,28)19-22-10-15(29-19)20(26)8-3-9-20/h10,26H,1-9H2,(H2,23,24,25). The molecule has 160 valence electrons. The van der Waals surface area contributed by atoms with E-state index in [1.54, 1.807) is 0 Å². The van der Waals surface area contributed by atoms with E-state index in [-0.39, 0.29) is 4.34 Å². The third-order valence-corrected chi connectivity index (χ3v) is 9.76. The van der Waals surface area contributed by atoms with Crippen LogP contribution in [0.15, 0.2) is 10.5 Å². The average molecular weight is 468 g/mol. The van der Waals surface area contributed by atoms with Gasteiger partial charge in [0, 0.05) is 16.9 Å². The number of nitrogens with one attached hydrogen (secondary N) is 2. The van der Waals surface area contributed by atoms with E-state index in [1.807, 2.05) is 0 Å². The van der Waals surface area contributed by atoms with Crippen LogP contribution in [-0.2, 0) is 41.3 Å². The van der Waals surface area contributed by atoms with Crippen molar-refractivity contribution >= 4 is 44.7 Å². The van der Waals surface area contributed by atoms with Crippen LogP contribution in [0.1, 0.15) is 59.2 Å². The molecule has 3 N–H and O–H groups in total. The van der Waals surface area contributed by atoms with Crippen molar-refractivity contribution in [3.05, 3.63) is 38.4 Å². The number of thiazole rings is 1. The second-order valence-corrected chi connectivity index (χ2v) is 11.5. The van der Waals surface area contributed by atoms with Crippen molar-refractivity contribution in [1.29, 1.82) is 0 Å². The van der Waals surface area contributed by atoms with Crippen LogP contribution in [0, 0.1) is 0 Å². The Morgan fingerprint density at radius 2 is 1.67 bits per heavy atom. The third-order valence-electron chi connectivity index (χ3n) is 6.39. The molecule has 1 heterocycles. The largest absolute Gasteiger partial charge is 0.384 e. The summed E-state index contributed by atoms with van der Waals surface area (Å²) < 4.78 is 27.2. The van der Waals surface area contributed by atoms with E-state index in [0.717, 1.165) is 89.2 Å². The number of urea groups is 1. The van der Waals surface area contributed by atoms with E-state index in [9.17, 15) is 18.3 Å². The van der Waals surface area contributed by atoms with Crippen molar-refractivity contribution in [2.75, 3.05) is 5.32 Å².